The molecule has 2 rings (SSSR count). The van der Waals surface area contributed by atoms with Crippen LogP contribution >= 0.6 is 11.8 Å². The van der Waals surface area contributed by atoms with Gasteiger partial charge in [0.1, 0.15) is 5.69 Å². The van der Waals surface area contributed by atoms with E-state index >= 15 is 0 Å². The van der Waals surface area contributed by atoms with Crippen LogP contribution in [0.5, 0.6) is 0 Å². The van der Waals surface area contributed by atoms with Crippen LogP contribution in [0.2, 0.25) is 0 Å². The fraction of sp³-hybridized carbons (Fsp3) is 0.364. The average molecular weight is 282 g/mol. The first kappa shape index (κ1) is 13.5. The summed E-state index contributed by atoms with van der Waals surface area (Å²) < 4.78 is 6.74. The zero-order chi connectivity index (χ0) is 13.8. The molecule has 0 aliphatic carbocycles. The van der Waals surface area contributed by atoms with E-state index < -0.39 is 11.7 Å². The second kappa shape index (κ2) is 5.79. The lowest BCUT2D eigenvalue weighted by molar-refractivity contribution is 0.0519. The predicted octanol–water partition coefficient (Wildman–Crippen LogP) is 0.905. The number of thioether (sulfide) groups is 1. The van der Waals surface area contributed by atoms with Crippen LogP contribution in [0.25, 0.3) is 0 Å². The molecule has 0 saturated carbocycles. The van der Waals surface area contributed by atoms with Gasteiger partial charge in [-0.3, -0.25) is 4.98 Å². The minimum Gasteiger partial charge on any atom is -0.461 e. The molecule has 0 aromatic carbocycles. The van der Waals surface area contributed by atoms with E-state index in [4.69, 9.17) is 4.74 Å². The maximum absolute atomic E-state index is 11.7. The largest absolute Gasteiger partial charge is 0.461 e. The molecular weight excluding hydrogens is 268 g/mol. The Hall–Kier alpha value is -1.96. The molecule has 0 fully saturated rings. The van der Waals surface area contributed by atoms with Gasteiger partial charge in [0.05, 0.1) is 12.3 Å². The highest BCUT2D eigenvalue weighted by atomic mass is 32.2. The number of nitrogens with zero attached hydrogens (tertiary/aromatic N) is 2. The summed E-state index contributed by atoms with van der Waals surface area (Å²) in [7, 11) is 1.88. The first-order valence-corrected chi connectivity index (χ1v) is 6.68. The van der Waals surface area contributed by atoms with Gasteiger partial charge in [0, 0.05) is 25.2 Å². The zero-order valence-corrected chi connectivity index (χ0v) is 11.4. The second-order valence-electron chi connectivity index (χ2n) is 3.76. The van der Waals surface area contributed by atoms with Crippen LogP contribution in [0.3, 0.4) is 0 Å². The van der Waals surface area contributed by atoms with Gasteiger partial charge in [0.2, 0.25) is 0 Å². The van der Waals surface area contributed by atoms with E-state index in [2.05, 4.69) is 15.0 Å². The van der Waals surface area contributed by atoms with E-state index in [1.165, 1.54) is 11.8 Å². The maximum atomic E-state index is 11.7. The molecular formula is C11H14N4O3S. The number of carbonyl (C=O) groups excluding carboxylic acids is 1. The summed E-state index contributed by atoms with van der Waals surface area (Å²) in [5.74, 6) is -0.103. The Morgan fingerprint density at radius 2 is 2.32 bits per heavy atom. The predicted molar refractivity (Wildman–Crippen MR) is 70.1 cm³/mol. The fourth-order valence-electron chi connectivity index (χ4n) is 1.53. The summed E-state index contributed by atoms with van der Waals surface area (Å²) in [4.78, 5) is 32.2. The monoisotopic (exact) mass is 282 g/mol. The molecule has 0 bridgehead atoms. The molecule has 2 N–H and O–H groups in total. The highest BCUT2D eigenvalue weighted by Crippen LogP contribution is 2.20. The third-order valence-electron chi connectivity index (χ3n) is 2.41. The van der Waals surface area contributed by atoms with Crippen molar-refractivity contribution in [3.63, 3.8) is 0 Å². The number of imidazole rings is 2. The molecule has 8 heteroatoms. The minimum atomic E-state index is -0.531. The molecule has 0 unspecified atom stereocenters. The van der Waals surface area contributed by atoms with Crippen LogP contribution in [-0.2, 0) is 17.5 Å². The van der Waals surface area contributed by atoms with Crippen molar-refractivity contribution in [2.24, 2.45) is 7.05 Å². The van der Waals surface area contributed by atoms with E-state index in [1.54, 1.807) is 13.1 Å². The van der Waals surface area contributed by atoms with Crippen LogP contribution in [0.1, 0.15) is 23.1 Å². The van der Waals surface area contributed by atoms with Crippen molar-refractivity contribution in [3.8, 4) is 0 Å². The molecule has 0 atom stereocenters. The SMILES string of the molecule is CCOC(=O)c1[nH]c(=O)[nH]c1CSc1nccn1C. The van der Waals surface area contributed by atoms with Crippen LogP contribution in [0, 0.1) is 0 Å². The lowest BCUT2D eigenvalue weighted by Gasteiger charge is -2.03. The normalized spacial score (nSPS) is 10.6. The Bertz CT molecular complexity index is 628. The van der Waals surface area contributed by atoms with E-state index in [9.17, 15) is 9.59 Å². The Balaban J connectivity index is 2.14. The van der Waals surface area contributed by atoms with Crippen LogP contribution in [-0.4, -0.2) is 32.1 Å². The van der Waals surface area contributed by atoms with Crippen LogP contribution in [0.4, 0.5) is 0 Å². The van der Waals surface area contributed by atoms with Gasteiger partial charge in [-0.15, -0.1) is 0 Å². The Labute approximate surface area is 113 Å². The number of esters is 1. The van der Waals surface area contributed by atoms with Crippen molar-refractivity contribution >= 4 is 17.7 Å². The quantitative estimate of drug-likeness (QED) is 0.628. The molecule has 2 aromatic rings. The fourth-order valence-corrected chi connectivity index (χ4v) is 2.42. The molecule has 0 radical (unpaired) electrons. The van der Waals surface area contributed by atoms with Crippen molar-refractivity contribution in [2.45, 2.75) is 17.8 Å². The van der Waals surface area contributed by atoms with E-state index in [1.807, 2.05) is 17.8 Å². The molecule has 7 nitrogen and oxygen atoms in total. The summed E-state index contributed by atoms with van der Waals surface area (Å²) in [5.41, 5.74) is 0.267. The first-order valence-electron chi connectivity index (χ1n) is 5.70. The topological polar surface area (TPSA) is 92.8 Å². The van der Waals surface area contributed by atoms with Crippen molar-refractivity contribution in [2.75, 3.05) is 6.61 Å². The second-order valence-corrected chi connectivity index (χ2v) is 4.71. The Morgan fingerprint density at radius 3 is 2.95 bits per heavy atom. The summed E-state index contributed by atoms with van der Waals surface area (Å²) in [6, 6.07) is 0. The van der Waals surface area contributed by atoms with Gasteiger partial charge < -0.3 is 14.3 Å². The maximum Gasteiger partial charge on any atom is 0.356 e. The van der Waals surface area contributed by atoms with Crippen LogP contribution < -0.4 is 5.69 Å². The van der Waals surface area contributed by atoms with Crippen molar-refractivity contribution in [1.82, 2.24) is 19.5 Å². The highest BCUT2D eigenvalue weighted by molar-refractivity contribution is 7.98. The summed E-state index contributed by atoms with van der Waals surface area (Å²) >= 11 is 1.42. The van der Waals surface area contributed by atoms with Crippen molar-refractivity contribution in [3.05, 3.63) is 34.3 Å². The smallest absolute Gasteiger partial charge is 0.356 e. The molecule has 0 aliphatic rings. The number of aryl methyl sites for hydroxylation is 1. The zero-order valence-electron chi connectivity index (χ0n) is 10.6. The summed E-state index contributed by atoms with van der Waals surface area (Å²) in [6.07, 6.45) is 3.52. The van der Waals surface area contributed by atoms with Gasteiger partial charge in [0.25, 0.3) is 0 Å². The molecule has 102 valence electrons. The van der Waals surface area contributed by atoms with Gasteiger partial charge >= 0.3 is 11.7 Å². The number of hydrogen-bond acceptors (Lipinski definition) is 5. The summed E-state index contributed by atoms with van der Waals surface area (Å²) in [6.45, 7) is 1.98. The summed E-state index contributed by atoms with van der Waals surface area (Å²) in [5, 5.41) is 0.803. The number of aromatic amines is 2. The van der Waals surface area contributed by atoms with E-state index in [0.717, 1.165) is 5.16 Å². The van der Waals surface area contributed by atoms with Gasteiger partial charge in [-0.05, 0) is 6.92 Å². The number of carbonyl (C=O) groups is 1. The number of H-pyrrole nitrogens is 2. The number of ether oxygens (including phenoxy) is 1. The number of aromatic nitrogens is 4. The number of rotatable bonds is 5. The lowest BCUT2D eigenvalue weighted by Crippen LogP contribution is -2.09. The van der Waals surface area contributed by atoms with Crippen molar-refractivity contribution < 1.29 is 9.53 Å². The molecule has 2 heterocycles. The molecule has 0 spiro atoms. The molecule has 0 amide bonds. The number of nitrogens with one attached hydrogen (secondary N) is 2. The first-order chi connectivity index (χ1) is 9.11. The molecule has 0 aliphatic heterocycles. The van der Waals surface area contributed by atoms with Gasteiger partial charge in [-0.25, -0.2) is 14.6 Å². The third-order valence-corrected chi connectivity index (χ3v) is 3.49. The third kappa shape index (κ3) is 3.08. The molecule has 19 heavy (non-hydrogen) atoms. The Morgan fingerprint density at radius 1 is 1.53 bits per heavy atom. The number of hydrogen-bond donors (Lipinski definition) is 2. The Kier molecular flexibility index (Phi) is 4.10. The molecule has 0 saturated heterocycles. The molecule has 2 aromatic heterocycles. The lowest BCUT2D eigenvalue weighted by atomic mass is 10.3. The average Bonchev–Trinajstić information content (AvgIpc) is 2.93. The standard InChI is InChI=1S/C11H14N4O3S/c1-3-18-9(16)8-7(13-10(17)14-8)6-19-11-12-4-5-15(11)2/h4-5H,3,6H2,1-2H3,(H2,13,14,17). The van der Waals surface area contributed by atoms with Gasteiger partial charge in [-0.1, -0.05) is 11.8 Å². The van der Waals surface area contributed by atoms with Crippen LogP contribution in [0.15, 0.2) is 22.3 Å². The van der Waals surface area contributed by atoms with Gasteiger partial charge in [-0.2, -0.15) is 0 Å². The van der Waals surface area contributed by atoms with E-state index in [0.29, 0.717) is 11.4 Å². The van der Waals surface area contributed by atoms with Gasteiger partial charge in [0.15, 0.2) is 5.16 Å². The van der Waals surface area contributed by atoms with E-state index in [-0.39, 0.29) is 12.3 Å². The highest BCUT2D eigenvalue weighted by Gasteiger charge is 2.17. The van der Waals surface area contributed by atoms with Crippen molar-refractivity contribution in [1.29, 1.82) is 0 Å². The minimum absolute atomic E-state index is 0.175.